The van der Waals surface area contributed by atoms with Gasteiger partial charge in [0.25, 0.3) is 0 Å². The van der Waals surface area contributed by atoms with Crippen molar-refractivity contribution in [1.82, 2.24) is 15.0 Å². The van der Waals surface area contributed by atoms with Crippen LogP contribution in [0.2, 0.25) is 0 Å². The van der Waals surface area contributed by atoms with Gasteiger partial charge in [-0.1, -0.05) is 140 Å². The normalized spacial score (nSPS) is 11.3. The Morgan fingerprint density at radius 3 is 1.75 bits per heavy atom. The summed E-state index contributed by atoms with van der Waals surface area (Å²) in [5, 5.41) is 13.6. The molecule has 10 aromatic rings. The molecule has 0 N–H and O–H groups in total. The number of furan rings is 1. The van der Waals surface area contributed by atoms with E-state index in [2.05, 4.69) is 115 Å². The van der Waals surface area contributed by atoms with E-state index >= 15 is 0 Å². The number of nitrogens with zero attached hydrogens (tertiary/aromatic N) is 4. The van der Waals surface area contributed by atoms with Gasteiger partial charge in [0, 0.05) is 27.5 Å². The van der Waals surface area contributed by atoms with Crippen molar-refractivity contribution < 1.29 is 4.42 Å². The Morgan fingerprint density at radius 2 is 0.945 bits per heavy atom. The lowest BCUT2D eigenvalue weighted by Gasteiger charge is -2.11. The predicted molar refractivity (Wildman–Crippen MR) is 222 cm³/mol. The molecular formula is C50H30N4O. The molecule has 0 bridgehead atoms. The lowest BCUT2D eigenvalue weighted by atomic mass is 9.96. The number of hydrogen-bond acceptors (Lipinski definition) is 5. The molecule has 0 spiro atoms. The molecule has 55 heavy (non-hydrogen) atoms. The summed E-state index contributed by atoms with van der Waals surface area (Å²) in [6.45, 7) is 0. The Kier molecular flexibility index (Phi) is 7.79. The monoisotopic (exact) mass is 702 g/mol. The van der Waals surface area contributed by atoms with Crippen molar-refractivity contribution in [3.05, 3.63) is 188 Å². The van der Waals surface area contributed by atoms with Gasteiger partial charge in [0.1, 0.15) is 11.2 Å². The van der Waals surface area contributed by atoms with Crippen LogP contribution in [0.3, 0.4) is 0 Å². The average molecular weight is 703 g/mol. The highest BCUT2D eigenvalue weighted by atomic mass is 16.3. The summed E-state index contributed by atoms with van der Waals surface area (Å²) in [6.07, 6.45) is 0. The molecule has 5 nitrogen and oxygen atoms in total. The van der Waals surface area contributed by atoms with Crippen LogP contribution in [0, 0.1) is 11.3 Å². The highest BCUT2D eigenvalue weighted by molar-refractivity contribution is 6.13. The van der Waals surface area contributed by atoms with E-state index in [1.807, 2.05) is 72.8 Å². The van der Waals surface area contributed by atoms with Gasteiger partial charge in [0.15, 0.2) is 17.5 Å². The predicted octanol–water partition coefficient (Wildman–Crippen LogP) is 12.8. The summed E-state index contributed by atoms with van der Waals surface area (Å²) in [4.78, 5) is 15.3. The van der Waals surface area contributed by atoms with Gasteiger partial charge in [-0.05, 0) is 86.6 Å². The second-order valence-corrected chi connectivity index (χ2v) is 13.5. The number of benzene rings is 8. The Hall–Kier alpha value is -7.68. The van der Waals surface area contributed by atoms with Gasteiger partial charge in [0.2, 0.25) is 0 Å². The van der Waals surface area contributed by atoms with Gasteiger partial charge < -0.3 is 4.42 Å². The number of aromatic nitrogens is 3. The van der Waals surface area contributed by atoms with Crippen LogP contribution >= 0.6 is 0 Å². The molecule has 0 saturated carbocycles. The standard InChI is InChI=1S/C50H30N4O/c51-31-32-22-24-34(25-23-32)37-15-7-17-39(29-37)48-52-49(54-50(53-48)43-20-8-13-35-12-4-5-18-41(35)43)40-26-27-44-46(30-40)55-45-21-9-19-42(47(44)45)38-16-6-14-36(28-38)33-10-2-1-3-11-33/h1-30H. The van der Waals surface area contributed by atoms with Crippen LogP contribution in [0.25, 0.3) is 100 Å². The summed E-state index contributed by atoms with van der Waals surface area (Å²) < 4.78 is 6.57. The zero-order valence-corrected chi connectivity index (χ0v) is 29.5. The first-order valence-electron chi connectivity index (χ1n) is 18.2. The van der Waals surface area contributed by atoms with Gasteiger partial charge in [-0.15, -0.1) is 0 Å². The molecule has 10 rings (SSSR count). The van der Waals surface area contributed by atoms with Crippen molar-refractivity contribution >= 4 is 32.7 Å². The SMILES string of the molecule is N#Cc1ccc(-c2cccc(-c3nc(-c4ccc5c(c4)oc4cccc(-c6cccc(-c7ccccc7)c6)c45)nc(-c4cccc5ccccc45)n3)c2)cc1. The number of hydrogen-bond donors (Lipinski definition) is 0. The van der Waals surface area contributed by atoms with Crippen LogP contribution in [0.15, 0.2) is 186 Å². The van der Waals surface area contributed by atoms with E-state index in [-0.39, 0.29) is 0 Å². The van der Waals surface area contributed by atoms with E-state index in [4.69, 9.17) is 19.4 Å². The van der Waals surface area contributed by atoms with Crippen molar-refractivity contribution in [3.63, 3.8) is 0 Å². The van der Waals surface area contributed by atoms with Crippen LogP contribution < -0.4 is 0 Å². The maximum absolute atomic E-state index is 9.32. The Balaban J connectivity index is 1.12. The molecule has 5 heteroatoms. The molecule has 0 atom stereocenters. The Bertz CT molecular complexity index is 3100. The highest BCUT2D eigenvalue weighted by Crippen LogP contribution is 2.39. The van der Waals surface area contributed by atoms with E-state index < -0.39 is 0 Å². The van der Waals surface area contributed by atoms with Gasteiger partial charge in [-0.2, -0.15) is 5.26 Å². The van der Waals surface area contributed by atoms with Crippen LogP contribution in [-0.2, 0) is 0 Å². The molecule has 0 aliphatic rings. The maximum Gasteiger partial charge on any atom is 0.164 e. The fourth-order valence-corrected chi connectivity index (χ4v) is 7.45. The van der Waals surface area contributed by atoms with E-state index in [1.54, 1.807) is 0 Å². The first-order valence-corrected chi connectivity index (χ1v) is 18.2. The molecule has 0 unspecified atom stereocenters. The quantitative estimate of drug-likeness (QED) is 0.172. The molecule has 2 aromatic heterocycles. The maximum atomic E-state index is 9.32. The summed E-state index contributed by atoms with van der Waals surface area (Å²) >= 11 is 0. The number of rotatable bonds is 6. The van der Waals surface area contributed by atoms with Gasteiger partial charge >= 0.3 is 0 Å². The van der Waals surface area contributed by atoms with Crippen molar-refractivity contribution in [3.8, 4) is 73.6 Å². The summed E-state index contributed by atoms with van der Waals surface area (Å²) in [7, 11) is 0. The molecular weight excluding hydrogens is 673 g/mol. The third-order valence-corrected chi connectivity index (χ3v) is 10.2. The summed E-state index contributed by atoms with van der Waals surface area (Å²) in [5.41, 5.74) is 11.4. The second-order valence-electron chi connectivity index (χ2n) is 13.5. The van der Waals surface area contributed by atoms with E-state index in [0.717, 1.165) is 71.7 Å². The molecule has 0 aliphatic heterocycles. The summed E-state index contributed by atoms with van der Waals surface area (Å²) in [6, 6.07) is 64.1. The fraction of sp³-hybridized carbons (Fsp3) is 0. The smallest absolute Gasteiger partial charge is 0.164 e. The highest BCUT2D eigenvalue weighted by Gasteiger charge is 2.18. The second kappa shape index (κ2) is 13.4. The Labute approximate surface area is 317 Å². The zero-order valence-electron chi connectivity index (χ0n) is 29.5. The zero-order chi connectivity index (χ0) is 36.7. The van der Waals surface area contributed by atoms with Crippen molar-refractivity contribution in [2.75, 3.05) is 0 Å². The van der Waals surface area contributed by atoms with Crippen LogP contribution in [0.1, 0.15) is 5.56 Å². The fourth-order valence-electron chi connectivity index (χ4n) is 7.45. The van der Waals surface area contributed by atoms with Gasteiger partial charge in [0.05, 0.1) is 11.6 Å². The molecule has 0 radical (unpaired) electrons. The first-order chi connectivity index (χ1) is 27.2. The molecule has 0 amide bonds. The third kappa shape index (κ3) is 5.89. The van der Waals surface area contributed by atoms with Crippen LogP contribution in [-0.4, -0.2) is 15.0 Å². The van der Waals surface area contributed by atoms with Crippen molar-refractivity contribution in [2.24, 2.45) is 0 Å². The van der Waals surface area contributed by atoms with Crippen LogP contribution in [0.4, 0.5) is 0 Å². The lowest BCUT2D eigenvalue weighted by Crippen LogP contribution is -2.00. The molecule has 256 valence electrons. The van der Waals surface area contributed by atoms with E-state index in [9.17, 15) is 5.26 Å². The lowest BCUT2D eigenvalue weighted by molar-refractivity contribution is 0.669. The van der Waals surface area contributed by atoms with Crippen LogP contribution in [0.5, 0.6) is 0 Å². The third-order valence-electron chi connectivity index (χ3n) is 10.2. The number of nitriles is 1. The minimum atomic E-state index is 0.551. The average Bonchev–Trinajstić information content (AvgIpc) is 3.65. The Morgan fingerprint density at radius 1 is 0.382 bits per heavy atom. The van der Waals surface area contributed by atoms with Gasteiger partial charge in [-0.3, -0.25) is 0 Å². The molecule has 0 saturated heterocycles. The molecule has 0 fully saturated rings. The molecule has 2 heterocycles. The minimum Gasteiger partial charge on any atom is -0.456 e. The van der Waals surface area contributed by atoms with Gasteiger partial charge in [-0.25, -0.2) is 15.0 Å². The first kappa shape index (κ1) is 32.0. The largest absolute Gasteiger partial charge is 0.456 e. The topological polar surface area (TPSA) is 75.6 Å². The number of fused-ring (bicyclic) bond motifs is 4. The van der Waals surface area contributed by atoms with E-state index in [0.29, 0.717) is 23.0 Å². The molecule has 0 aliphatic carbocycles. The minimum absolute atomic E-state index is 0.551. The van der Waals surface area contributed by atoms with Crippen molar-refractivity contribution in [1.29, 1.82) is 5.26 Å². The van der Waals surface area contributed by atoms with Crippen molar-refractivity contribution in [2.45, 2.75) is 0 Å². The van der Waals surface area contributed by atoms with E-state index in [1.165, 1.54) is 11.1 Å². The summed E-state index contributed by atoms with van der Waals surface area (Å²) in [5.74, 6) is 1.70. The molecule has 8 aromatic carbocycles.